The Kier molecular flexibility index (Phi) is 8.85. The number of rotatable bonds is 6. The van der Waals surface area contributed by atoms with E-state index in [1.165, 1.54) is 22.9 Å². The lowest BCUT2D eigenvalue weighted by Gasteiger charge is -2.37. The molecule has 0 bridgehead atoms. The fourth-order valence-electron chi connectivity index (χ4n) is 5.42. The van der Waals surface area contributed by atoms with Crippen molar-refractivity contribution in [1.82, 2.24) is 24.7 Å². The Balaban J connectivity index is 1.21. The van der Waals surface area contributed by atoms with Gasteiger partial charge in [0.05, 0.1) is 35.0 Å². The van der Waals surface area contributed by atoms with Crippen molar-refractivity contribution in [1.29, 1.82) is 5.26 Å². The molecule has 0 atom stereocenters. The van der Waals surface area contributed by atoms with Gasteiger partial charge in [-0.25, -0.2) is 9.37 Å². The van der Waals surface area contributed by atoms with E-state index in [1.54, 1.807) is 36.2 Å². The van der Waals surface area contributed by atoms with Gasteiger partial charge in [0, 0.05) is 50.4 Å². The van der Waals surface area contributed by atoms with Crippen molar-refractivity contribution in [3.8, 4) is 17.3 Å². The van der Waals surface area contributed by atoms with Gasteiger partial charge in [0.1, 0.15) is 5.82 Å². The van der Waals surface area contributed by atoms with E-state index in [4.69, 9.17) is 16.9 Å². The predicted octanol–water partition coefficient (Wildman–Crippen LogP) is 3.48. The molecule has 2 aliphatic rings. The van der Waals surface area contributed by atoms with E-state index in [1.807, 2.05) is 11.0 Å². The topological polar surface area (TPSA) is 123 Å². The maximum atomic E-state index is 14.7. The van der Waals surface area contributed by atoms with Gasteiger partial charge in [0.15, 0.2) is 5.82 Å². The number of imidazole rings is 1. The molecular weight excluding hydrogens is 561 g/mol. The van der Waals surface area contributed by atoms with Gasteiger partial charge >= 0.3 is 0 Å². The molecule has 3 aromatic rings. The smallest absolute Gasteiger partial charge is 0.291 e. The molecule has 2 fully saturated rings. The first kappa shape index (κ1) is 29.2. The van der Waals surface area contributed by atoms with Crippen LogP contribution in [0.2, 0.25) is 5.02 Å². The van der Waals surface area contributed by atoms with E-state index in [2.05, 4.69) is 15.6 Å². The molecule has 0 radical (unpaired) electrons. The minimum absolute atomic E-state index is 0.0471. The van der Waals surface area contributed by atoms with Crippen LogP contribution in [0.4, 0.5) is 10.1 Å². The average molecular weight is 592 g/mol. The second kappa shape index (κ2) is 12.7. The lowest BCUT2D eigenvalue weighted by molar-refractivity contribution is -0.137. The first-order valence-electron chi connectivity index (χ1n) is 13.8. The summed E-state index contributed by atoms with van der Waals surface area (Å²) in [6, 6.07) is 11.2. The Bertz CT molecular complexity index is 1550. The quantitative estimate of drug-likeness (QED) is 0.452. The molecule has 0 aliphatic carbocycles. The summed E-state index contributed by atoms with van der Waals surface area (Å²) >= 11 is 6.47. The Morgan fingerprint density at radius 3 is 2.48 bits per heavy atom. The van der Waals surface area contributed by atoms with E-state index in [0.717, 1.165) is 25.9 Å². The van der Waals surface area contributed by atoms with Crippen LogP contribution in [0.15, 0.2) is 42.6 Å². The number of nitriles is 1. The largest absolute Gasteiger partial charge is 0.339 e. The predicted molar refractivity (Wildman–Crippen MR) is 155 cm³/mol. The Labute approximate surface area is 248 Å². The standard InChI is InChI=1S/C30H31ClFN7O3/c1-37-26(23-4-2-19(6-9-33)16-25(23)32)18-35-27(37)28(40)36-21-3-5-22(24(31)17-21)30(42)39-14-12-38(13-15-39)29(41)20-7-10-34-11-8-20/h2-5,16-18,20,34H,6-8,10-15H2,1H3,(H,36,40). The number of amides is 3. The molecule has 2 aliphatic heterocycles. The number of hydrogen-bond acceptors (Lipinski definition) is 6. The summed E-state index contributed by atoms with van der Waals surface area (Å²) in [5, 5.41) is 15.0. The van der Waals surface area contributed by atoms with E-state index in [-0.39, 0.29) is 40.6 Å². The summed E-state index contributed by atoms with van der Waals surface area (Å²) in [6.45, 7) is 3.53. The summed E-state index contributed by atoms with van der Waals surface area (Å²) in [5.41, 5.74) is 1.89. The molecule has 1 aromatic heterocycles. The average Bonchev–Trinajstić information content (AvgIpc) is 3.38. The number of nitrogens with zero attached hydrogens (tertiary/aromatic N) is 5. The molecule has 42 heavy (non-hydrogen) atoms. The Morgan fingerprint density at radius 2 is 1.81 bits per heavy atom. The van der Waals surface area contributed by atoms with Crippen LogP contribution in [-0.2, 0) is 18.3 Å². The number of carbonyl (C=O) groups excluding carboxylic acids is 3. The number of hydrogen-bond donors (Lipinski definition) is 2. The number of anilines is 1. The fraction of sp³-hybridized carbons (Fsp3) is 0.367. The molecule has 5 rings (SSSR count). The minimum Gasteiger partial charge on any atom is -0.339 e. The maximum absolute atomic E-state index is 14.7. The van der Waals surface area contributed by atoms with Gasteiger partial charge in [-0.05, 0) is 61.8 Å². The number of carbonyl (C=O) groups is 3. The summed E-state index contributed by atoms with van der Waals surface area (Å²) in [5.74, 6) is -1.01. The van der Waals surface area contributed by atoms with Crippen molar-refractivity contribution < 1.29 is 18.8 Å². The van der Waals surface area contributed by atoms with Crippen molar-refractivity contribution in [3.63, 3.8) is 0 Å². The van der Waals surface area contributed by atoms with Crippen molar-refractivity contribution in [2.24, 2.45) is 13.0 Å². The van der Waals surface area contributed by atoms with Gasteiger partial charge in [-0.2, -0.15) is 5.26 Å². The van der Waals surface area contributed by atoms with E-state index in [0.29, 0.717) is 48.7 Å². The van der Waals surface area contributed by atoms with E-state index < -0.39 is 11.7 Å². The lowest BCUT2D eigenvalue weighted by Crippen LogP contribution is -2.52. The fourth-order valence-corrected chi connectivity index (χ4v) is 5.68. The van der Waals surface area contributed by atoms with Gasteiger partial charge in [0.2, 0.25) is 5.91 Å². The number of halogens is 2. The van der Waals surface area contributed by atoms with Crippen LogP contribution in [0.5, 0.6) is 0 Å². The molecule has 2 aromatic carbocycles. The zero-order valence-electron chi connectivity index (χ0n) is 23.2. The van der Waals surface area contributed by atoms with Gasteiger partial charge in [-0.1, -0.05) is 17.7 Å². The summed E-state index contributed by atoms with van der Waals surface area (Å²) < 4.78 is 16.2. The van der Waals surface area contributed by atoms with Gasteiger partial charge in [-0.15, -0.1) is 0 Å². The molecule has 0 unspecified atom stereocenters. The molecule has 3 heterocycles. The number of aromatic nitrogens is 2. The third-order valence-electron chi connectivity index (χ3n) is 7.81. The van der Waals surface area contributed by atoms with E-state index >= 15 is 0 Å². The second-order valence-corrected chi connectivity index (χ2v) is 10.9. The normalized spacial score (nSPS) is 15.8. The lowest BCUT2D eigenvalue weighted by atomic mass is 9.96. The van der Waals surface area contributed by atoms with Crippen molar-refractivity contribution >= 4 is 35.0 Å². The van der Waals surface area contributed by atoms with Crippen LogP contribution in [-0.4, -0.2) is 76.3 Å². The molecule has 12 heteroatoms. The van der Waals surface area contributed by atoms with Crippen LogP contribution in [0.3, 0.4) is 0 Å². The zero-order valence-corrected chi connectivity index (χ0v) is 24.0. The molecule has 218 valence electrons. The Morgan fingerprint density at radius 1 is 1.10 bits per heavy atom. The molecule has 3 amide bonds. The number of benzene rings is 2. The van der Waals surface area contributed by atoms with Gasteiger partial charge in [-0.3, -0.25) is 14.4 Å². The van der Waals surface area contributed by atoms with Gasteiger partial charge in [0.25, 0.3) is 11.8 Å². The SMILES string of the molecule is Cn1c(-c2ccc(CC#N)cc2F)cnc1C(=O)Nc1ccc(C(=O)N2CCN(C(=O)C3CCNCC3)CC2)c(Cl)c1. The summed E-state index contributed by atoms with van der Waals surface area (Å²) in [4.78, 5) is 46.7. The Hall–Kier alpha value is -4.27. The van der Waals surface area contributed by atoms with Crippen LogP contribution in [0, 0.1) is 23.1 Å². The third kappa shape index (κ3) is 6.15. The van der Waals surface area contributed by atoms with Crippen molar-refractivity contribution in [2.45, 2.75) is 19.3 Å². The highest BCUT2D eigenvalue weighted by Crippen LogP contribution is 2.27. The van der Waals surface area contributed by atoms with E-state index in [9.17, 15) is 18.8 Å². The number of nitrogens with one attached hydrogen (secondary N) is 2. The summed E-state index contributed by atoms with van der Waals surface area (Å²) in [6.07, 6.45) is 3.19. The van der Waals surface area contributed by atoms with Crippen molar-refractivity contribution in [2.75, 3.05) is 44.6 Å². The first-order valence-corrected chi connectivity index (χ1v) is 14.2. The summed E-state index contributed by atoms with van der Waals surface area (Å²) in [7, 11) is 1.61. The van der Waals surface area contributed by atoms with Crippen LogP contribution >= 0.6 is 11.6 Å². The molecule has 0 spiro atoms. The van der Waals surface area contributed by atoms with Crippen LogP contribution in [0.25, 0.3) is 11.3 Å². The van der Waals surface area contributed by atoms with Crippen LogP contribution < -0.4 is 10.6 Å². The molecule has 2 N–H and O–H groups in total. The zero-order chi connectivity index (χ0) is 29.8. The first-order chi connectivity index (χ1) is 20.3. The highest BCUT2D eigenvalue weighted by atomic mass is 35.5. The molecular formula is C30H31ClFN7O3. The highest BCUT2D eigenvalue weighted by Gasteiger charge is 2.30. The molecule has 10 nitrogen and oxygen atoms in total. The minimum atomic E-state index is -0.532. The monoisotopic (exact) mass is 591 g/mol. The third-order valence-corrected chi connectivity index (χ3v) is 8.12. The number of piperazine rings is 1. The van der Waals surface area contributed by atoms with Crippen molar-refractivity contribution in [3.05, 3.63) is 70.4 Å². The second-order valence-electron chi connectivity index (χ2n) is 10.5. The number of piperidine rings is 1. The molecule has 2 saturated heterocycles. The maximum Gasteiger partial charge on any atom is 0.291 e. The molecule has 0 saturated carbocycles. The van der Waals surface area contributed by atoms with Gasteiger partial charge < -0.3 is 25.0 Å². The van der Waals surface area contributed by atoms with Crippen LogP contribution in [0.1, 0.15) is 39.4 Å². The highest BCUT2D eigenvalue weighted by molar-refractivity contribution is 6.34.